The van der Waals surface area contributed by atoms with Gasteiger partial charge < -0.3 is 15.0 Å². The molecule has 1 saturated heterocycles. The Morgan fingerprint density at radius 2 is 2.04 bits per heavy atom. The highest BCUT2D eigenvalue weighted by Gasteiger charge is 2.26. The van der Waals surface area contributed by atoms with Crippen molar-refractivity contribution in [3.05, 3.63) is 52.7 Å². The summed E-state index contributed by atoms with van der Waals surface area (Å²) in [5.41, 5.74) is 2.29. The fourth-order valence-electron chi connectivity index (χ4n) is 3.62. The molecular weight excluding hydrogens is 359 g/mol. The van der Waals surface area contributed by atoms with E-state index in [0.29, 0.717) is 29.5 Å². The van der Waals surface area contributed by atoms with E-state index in [0.717, 1.165) is 25.1 Å². The molecule has 1 N–H and O–H groups in total. The van der Waals surface area contributed by atoms with Gasteiger partial charge in [0.25, 0.3) is 0 Å². The van der Waals surface area contributed by atoms with Crippen LogP contribution in [0.25, 0.3) is 0 Å². The second-order valence-electron chi connectivity index (χ2n) is 7.53. The number of likely N-dealkylation sites (tertiary alicyclic amines) is 1. The molecule has 2 heterocycles. The maximum absolute atomic E-state index is 13.3. The lowest BCUT2D eigenvalue weighted by molar-refractivity contribution is 0.0592. The first kappa shape index (κ1) is 20.2. The number of piperidine rings is 1. The number of anilines is 1. The fraction of sp³-hybridized carbons (Fsp3) is 0.476. The predicted molar refractivity (Wildman–Crippen MR) is 106 cm³/mol. The number of hydrogen-bond acceptors (Lipinski definition) is 6. The summed E-state index contributed by atoms with van der Waals surface area (Å²) in [6, 6.07) is 6.56. The minimum absolute atomic E-state index is 0.210. The topological polar surface area (TPSA) is 67.3 Å². The van der Waals surface area contributed by atoms with Crippen LogP contribution in [-0.2, 0) is 11.2 Å². The molecule has 6 nitrogen and oxygen atoms in total. The third-order valence-corrected chi connectivity index (χ3v) is 5.24. The van der Waals surface area contributed by atoms with Gasteiger partial charge in [-0.2, -0.15) is 0 Å². The van der Waals surface area contributed by atoms with E-state index in [1.807, 2.05) is 0 Å². The molecule has 28 heavy (non-hydrogen) atoms. The number of aromatic nitrogens is 2. The van der Waals surface area contributed by atoms with Crippen molar-refractivity contribution < 1.29 is 13.9 Å². The maximum atomic E-state index is 13.3. The van der Waals surface area contributed by atoms with Gasteiger partial charge in [-0.15, -0.1) is 0 Å². The summed E-state index contributed by atoms with van der Waals surface area (Å²) >= 11 is 0. The standard InChI is InChI=1S/C21H27FN4O2/c1-13-12-26(3)10-9-17(13)25-20-18(11-15-5-7-16(22)8-6-15)24-19(14(2)23-20)21(27)28-4/h5-8,13,17H,9-12H2,1-4H3,(H,23,25)/t13-,17-/m1/s1. The van der Waals surface area contributed by atoms with Crippen LogP contribution >= 0.6 is 0 Å². The van der Waals surface area contributed by atoms with Crippen LogP contribution in [0.1, 0.15) is 40.8 Å². The quantitative estimate of drug-likeness (QED) is 0.797. The molecule has 1 aromatic carbocycles. The third kappa shape index (κ3) is 4.65. The van der Waals surface area contributed by atoms with Crippen molar-refractivity contribution in [3.63, 3.8) is 0 Å². The molecule has 1 aliphatic rings. The first-order chi connectivity index (χ1) is 13.4. The third-order valence-electron chi connectivity index (χ3n) is 5.24. The lowest BCUT2D eigenvalue weighted by atomic mass is 9.94. The zero-order chi connectivity index (χ0) is 20.3. The SMILES string of the molecule is COC(=O)c1nc(Cc2ccc(F)cc2)c(N[C@@H]2CCN(C)C[C@H]2C)nc1C. The normalized spacial score (nSPS) is 20.0. The molecule has 0 bridgehead atoms. The highest BCUT2D eigenvalue weighted by atomic mass is 19.1. The van der Waals surface area contributed by atoms with Crippen LogP contribution in [0, 0.1) is 18.7 Å². The van der Waals surface area contributed by atoms with E-state index in [1.54, 1.807) is 19.1 Å². The van der Waals surface area contributed by atoms with Crippen LogP contribution in [0.2, 0.25) is 0 Å². The molecule has 1 fully saturated rings. The molecule has 0 saturated carbocycles. The van der Waals surface area contributed by atoms with Crippen LogP contribution in [-0.4, -0.2) is 54.1 Å². The predicted octanol–water partition coefficient (Wildman–Crippen LogP) is 3.05. The minimum Gasteiger partial charge on any atom is -0.464 e. The lowest BCUT2D eigenvalue weighted by Gasteiger charge is -2.35. The number of rotatable bonds is 5. The van der Waals surface area contributed by atoms with E-state index in [-0.39, 0.29) is 17.6 Å². The van der Waals surface area contributed by atoms with Gasteiger partial charge in [0.05, 0.1) is 18.5 Å². The van der Waals surface area contributed by atoms with Gasteiger partial charge in [0, 0.05) is 19.0 Å². The summed E-state index contributed by atoms with van der Waals surface area (Å²) in [5, 5.41) is 3.55. The zero-order valence-electron chi connectivity index (χ0n) is 16.8. The number of halogens is 1. The Morgan fingerprint density at radius 1 is 1.32 bits per heavy atom. The smallest absolute Gasteiger partial charge is 0.358 e. The molecule has 0 amide bonds. The molecule has 7 heteroatoms. The van der Waals surface area contributed by atoms with E-state index < -0.39 is 5.97 Å². The Kier molecular flexibility index (Phi) is 6.24. The highest BCUT2D eigenvalue weighted by Crippen LogP contribution is 2.24. The van der Waals surface area contributed by atoms with Crippen molar-refractivity contribution in [1.29, 1.82) is 0 Å². The molecule has 0 radical (unpaired) electrons. The number of nitrogens with zero attached hydrogens (tertiary/aromatic N) is 3. The van der Waals surface area contributed by atoms with Gasteiger partial charge in [0.15, 0.2) is 5.69 Å². The van der Waals surface area contributed by atoms with Gasteiger partial charge >= 0.3 is 5.97 Å². The maximum Gasteiger partial charge on any atom is 0.358 e. The van der Waals surface area contributed by atoms with Crippen LogP contribution in [0.15, 0.2) is 24.3 Å². The first-order valence-electron chi connectivity index (χ1n) is 9.52. The number of aryl methyl sites for hydroxylation is 1. The zero-order valence-corrected chi connectivity index (χ0v) is 16.8. The van der Waals surface area contributed by atoms with Crippen LogP contribution in [0.5, 0.6) is 0 Å². The van der Waals surface area contributed by atoms with Gasteiger partial charge in [0.1, 0.15) is 11.6 Å². The Labute approximate surface area is 165 Å². The Bertz CT molecular complexity index is 841. The summed E-state index contributed by atoms with van der Waals surface area (Å²) in [6.07, 6.45) is 1.45. The number of methoxy groups -OCH3 is 1. The number of hydrogen-bond donors (Lipinski definition) is 1. The highest BCUT2D eigenvalue weighted by molar-refractivity contribution is 5.88. The van der Waals surface area contributed by atoms with E-state index in [2.05, 4.69) is 34.2 Å². The molecule has 150 valence electrons. The van der Waals surface area contributed by atoms with Crippen molar-refractivity contribution in [2.75, 3.05) is 32.6 Å². The number of esters is 1. The summed E-state index contributed by atoms with van der Waals surface area (Å²) in [4.78, 5) is 23.6. The summed E-state index contributed by atoms with van der Waals surface area (Å²) < 4.78 is 18.1. The second kappa shape index (κ2) is 8.65. The number of carbonyl (C=O) groups excluding carboxylic acids is 1. The van der Waals surface area contributed by atoms with Crippen molar-refractivity contribution >= 4 is 11.8 Å². The number of nitrogens with one attached hydrogen (secondary N) is 1. The molecule has 1 aromatic heterocycles. The molecule has 3 rings (SSSR count). The molecule has 0 aliphatic carbocycles. The van der Waals surface area contributed by atoms with Crippen molar-refractivity contribution in [1.82, 2.24) is 14.9 Å². The first-order valence-corrected chi connectivity index (χ1v) is 9.52. The van der Waals surface area contributed by atoms with Crippen molar-refractivity contribution in [3.8, 4) is 0 Å². The summed E-state index contributed by atoms with van der Waals surface area (Å²) in [7, 11) is 3.46. The average Bonchev–Trinajstić information content (AvgIpc) is 2.67. The van der Waals surface area contributed by atoms with E-state index in [1.165, 1.54) is 19.2 Å². The van der Waals surface area contributed by atoms with Crippen molar-refractivity contribution in [2.45, 2.75) is 32.7 Å². The van der Waals surface area contributed by atoms with Crippen LogP contribution < -0.4 is 5.32 Å². The van der Waals surface area contributed by atoms with Crippen molar-refractivity contribution in [2.24, 2.45) is 5.92 Å². The molecule has 0 spiro atoms. The Morgan fingerprint density at radius 3 is 2.68 bits per heavy atom. The van der Waals surface area contributed by atoms with E-state index >= 15 is 0 Å². The largest absolute Gasteiger partial charge is 0.464 e. The summed E-state index contributed by atoms with van der Waals surface area (Å²) in [5.74, 6) is 0.341. The number of carbonyl (C=O) groups is 1. The van der Waals surface area contributed by atoms with Gasteiger partial charge in [-0.3, -0.25) is 0 Å². The second-order valence-corrected chi connectivity index (χ2v) is 7.53. The van der Waals surface area contributed by atoms with Crippen LogP contribution in [0.4, 0.5) is 10.2 Å². The van der Waals surface area contributed by atoms with Gasteiger partial charge in [0.2, 0.25) is 0 Å². The number of benzene rings is 1. The molecule has 0 unspecified atom stereocenters. The van der Waals surface area contributed by atoms with Gasteiger partial charge in [-0.25, -0.2) is 19.2 Å². The number of ether oxygens (including phenoxy) is 1. The molecule has 2 atom stereocenters. The Balaban J connectivity index is 1.93. The molecule has 1 aliphatic heterocycles. The van der Waals surface area contributed by atoms with Gasteiger partial charge in [-0.05, 0) is 50.6 Å². The van der Waals surface area contributed by atoms with Crippen LogP contribution in [0.3, 0.4) is 0 Å². The monoisotopic (exact) mass is 386 g/mol. The Hall–Kier alpha value is -2.54. The minimum atomic E-state index is -0.510. The summed E-state index contributed by atoms with van der Waals surface area (Å²) in [6.45, 7) is 6.00. The lowest BCUT2D eigenvalue weighted by Crippen LogP contribution is -2.43. The van der Waals surface area contributed by atoms with E-state index in [9.17, 15) is 9.18 Å². The van der Waals surface area contributed by atoms with Gasteiger partial charge in [-0.1, -0.05) is 19.1 Å². The van der Waals surface area contributed by atoms with E-state index in [4.69, 9.17) is 4.74 Å². The molecule has 2 aromatic rings. The fourth-order valence-corrected chi connectivity index (χ4v) is 3.62. The average molecular weight is 386 g/mol. The molecular formula is C21H27FN4O2.